The summed E-state index contributed by atoms with van der Waals surface area (Å²) >= 11 is 0. The molecule has 0 bridgehead atoms. The van der Waals surface area contributed by atoms with E-state index in [1.165, 1.54) is 0 Å². The van der Waals surface area contributed by atoms with Gasteiger partial charge in [0.25, 0.3) is 0 Å². The van der Waals surface area contributed by atoms with Gasteiger partial charge in [0, 0.05) is 64.5 Å². The molecule has 2 fully saturated rings. The van der Waals surface area contributed by atoms with Gasteiger partial charge in [-0.05, 0) is 62.3 Å². The second kappa shape index (κ2) is 16.3. The van der Waals surface area contributed by atoms with Crippen LogP contribution in [0.25, 0.3) is 17.3 Å². The van der Waals surface area contributed by atoms with Gasteiger partial charge in [-0.1, -0.05) is 73.7 Å². The van der Waals surface area contributed by atoms with Gasteiger partial charge in [-0.2, -0.15) is 10.1 Å². The standard InChI is InChI=1S/C43H53FN6O4/c1-30-26-50(42(51)54-43(2,3)4)21-20-33(30)27-48-22-24-49(25-23-48)40-36(44)18-16-34-38(46-47(5)39(34)40)35-17-19-37(52-28-31-12-8-6-9-13-31)45-41(35)53-29-32-14-10-7-11-15-32/h6-19,30,33,36,40H,20-29H2,1-5H3. The maximum atomic E-state index is 16.0. The van der Waals surface area contributed by atoms with Crippen LogP contribution in [0.3, 0.4) is 0 Å². The summed E-state index contributed by atoms with van der Waals surface area (Å²) in [5.41, 5.74) is 4.74. The van der Waals surface area contributed by atoms with Gasteiger partial charge >= 0.3 is 6.09 Å². The number of carbonyl (C=O) groups is 1. The molecule has 2 aromatic heterocycles. The van der Waals surface area contributed by atoms with Gasteiger partial charge in [0.05, 0.1) is 17.3 Å². The molecule has 54 heavy (non-hydrogen) atoms. The lowest BCUT2D eigenvalue weighted by atomic mass is 9.86. The van der Waals surface area contributed by atoms with E-state index >= 15 is 4.39 Å². The number of rotatable bonds is 10. The van der Waals surface area contributed by atoms with Crippen molar-refractivity contribution >= 4 is 12.2 Å². The Kier molecular flexibility index (Phi) is 11.4. The fourth-order valence-electron chi connectivity index (χ4n) is 7.85. The molecule has 1 aliphatic carbocycles. The Labute approximate surface area is 318 Å². The Morgan fingerprint density at radius 3 is 2.20 bits per heavy atom. The van der Waals surface area contributed by atoms with Crippen LogP contribution in [0.4, 0.5) is 9.18 Å². The molecule has 286 valence electrons. The lowest BCUT2D eigenvalue weighted by Crippen LogP contribution is -2.53. The highest BCUT2D eigenvalue weighted by molar-refractivity contribution is 5.78. The van der Waals surface area contributed by atoms with Crippen molar-refractivity contribution in [2.75, 3.05) is 45.8 Å². The van der Waals surface area contributed by atoms with Gasteiger partial charge < -0.3 is 24.0 Å². The van der Waals surface area contributed by atoms with Crippen molar-refractivity contribution in [1.82, 2.24) is 29.5 Å². The summed E-state index contributed by atoms with van der Waals surface area (Å²) in [4.78, 5) is 24.1. The van der Waals surface area contributed by atoms with E-state index < -0.39 is 17.8 Å². The van der Waals surface area contributed by atoms with E-state index in [2.05, 4.69) is 16.7 Å². The molecule has 4 unspecified atom stereocenters. The Morgan fingerprint density at radius 1 is 0.889 bits per heavy atom. The number of aromatic nitrogens is 3. The highest BCUT2D eigenvalue weighted by atomic mass is 19.1. The van der Waals surface area contributed by atoms with Crippen LogP contribution in [0.15, 0.2) is 78.9 Å². The van der Waals surface area contributed by atoms with Crippen LogP contribution in [-0.2, 0) is 25.0 Å². The third kappa shape index (κ3) is 8.79. The number of fused-ring (bicyclic) bond motifs is 1. The first-order valence-electron chi connectivity index (χ1n) is 19.2. The van der Waals surface area contributed by atoms with Gasteiger partial charge in [-0.15, -0.1) is 0 Å². The summed E-state index contributed by atoms with van der Waals surface area (Å²) in [5.74, 6) is 1.74. The van der Waals surface area contributed by atoms with Crippen molar-refractivity contribution in [1.29, 1.82) is 0 Å². The van der Waals surface area contributed by atoms with E-state index in [1.807, 2.05) is 116 Å². The molecule has 2 saturated heterocycles. The highest BCUT2D eigenvalue weighted by Crippen LogP contribution is 2.42. The van der Waals surface area contributed by atoms with E-state index in [4.69, 9.17) is 24.3 Å². The number of hydrogen-bond acceptors (Lipinski definition) is 8. The van der Waals surface area contributed by atoms with Gasteiger partial charge in [-0.3, -0.25) is 9.58 Å². The SMILES string of the molecule is CC1CN(C(=O)OC(C)(C)C)CCC1CN1CCN(C2c3c(c(-c4ccc(OCc5ccccc5)nc4OCc4ccccc4)nn3C)C=CC2F)CC1. The highest BCUT2D eigenvalue weighted by Gasteiger charge is 2.39. The second-order valence-electron chi connectivity index (χ2n) is 15.9. The number of benzene rings is 2. The van der Waals surface area contributed by atoms with Crippen LogP contribution in [0.2, 0.25) is 0 Å². The van der Waals surface area contributed by atoms with Crippen molar-refractivity contribution < 1.29 is 23.4 Å². The molecule has 11 heteroatoms. The molecular formula is C43H53FN6O4. The number of aryl methyl sites for hydroxylation is 1. The predicted molar refractivity (Wildman–Crippen MR) is 208 cm³/mol. The van der Waals surface area contributed by atoms with Crippen molar-refractivity contribution in [3.05, 3.63) is 101 Å². The Balaban J connectivity index is 1.05. The predicted octanol–water partition coefficient (Wildman–Crippen LogP) is 7.56. The summed E-state index contributed by atoms with van der Waals surface area (Å²) in [5, 5.41) is 4.98. The third-order valence-corrected chi connectivity index (χ3v) is 10.7. The van der Waals surface area contributed by atoms with Crippen LogP contribution in [0.5, 0.6) is 11.8 Å². The molecule has 0 N–H and O–H groups in total. The molecule has 1 amide bonds. The first-order valence-corrected chi connectivity index (χ1v) is 19.2. The van der Waals surface area contributed by atoms with Gasteiger partial charge in [0.2, 0.25) is 11.8 Å². The largest absolute Gasteiger partial charge is 0.473 e. The average Bonchev–Trinajstić information content (AvgIpc) is 3.50. The average molecular weight is 737 g/mol. The molecule has 10 nitrogen and oxygen atoms in total. The molecule has 4 aromatic rings. The maximum Gasteiger partial charge on any atom is 0.410 e. The topological polar surface area (TPSA) is 85.2 Å². The van der Waals surface area contributed by atoms with Crippen LogP contribution < -0.4 is 9.47 Å². The molecule has 0 spiro atoms. The fourth-order valence-corrected chi connectivity index (χ4v) is 7.85. The van der Waals surface area contributed by atoms with Crippen LogP contribution in [0.1, 0.15) is 62.5 Å². The summed E-state index contributed by atoms with van der Waals surface area (Å²) in [6, 6.07) is 23.3. The Morgan fingerprint density at radius 2 is 1.56 bits per heavy atom. The van der Waals surface area contributed by atoms with Gasteiger partial charge in [0.15, 0.2) is 0 Å². The number of amides is 1. The molecule has 7 rings (SSSR count). The van der Waals surface area contributed by atoms with Crippen LogP contribution in [-0.4, -0.2) is 93.1 Å². The molecule has 2 aromatic carbocycles. The first kappa shape index (κ1) is 37.6. The molecule has 0 radical (unpaired) electrons. The Hall–Kier alpha value is -4.74. The van der Waals surface area contributed by atoms with Crippen molar-refractivity contribution in [3.8, 4) is 23.0 Å². The quantitative estimate of drug-likeness (QED) is 0.165. The van der Waals surface area contributed by atoms with E-state index in [1.54, 1.807) is 6.08 Å². The zero-order valence-electron chi connectivity index (χ0n) is 32.2. The minimum Gasteiger partial charge on any atom is -0.473 e. The minimum atomic E-state index is -1.16. The summed E-state index contributed by atoms with van der Waals surface area (Å²) in [7, 11) is 1.90. The number of hydrogen-bond donors (Lipinski definition) is 0. The minimum absolute atomic E-state index is 0.224. The molecule has 2 aliphatic heterocycles. The molecule has 4 atom stereocenters. The lowest BCUT2D eigenvalue weighted by molar-refractivity contribution is 0.00496. The zero-order valence-corrected chi connectivity index (χ0v) is 32.2. The number of piperazine rings is 1. The number of halogens is 1. The van der Waals surface area contributed by atoms with Crippen molar-refractivity contribution in [2.45, 2.75) is 65.1 Å². The normalized spacial score (nSPS) is 22.1. The summed E-state index contributed by atoms with van der Waals surface area (Å²) in [6.45, 7) is 14.3. The number of likely N-dealkylation sites (tertiary alicyclic amines) is 1. The van der Waals surface area contributed by atoms with Crippen molar-refractivity contribution in [3.63, 3.8) is 0 Å². The first-order chi connectivity index (χ1) is 26.0. The molecule has 0 saturated carbocycles. The van der Waals surface area contributed by atoms with E-state index in [0.717, 1.165) is 67.1 Å². The maximum absolute atomic E-state index is 16.0. The van der Waals surface area contributed by atoms with Crippen LogP contribution in [0, 0.1) is 11.8 Å². The monoisotopic (exact) mass is 736 g/mol. The molecule has 3 aliphatic rings. The van der Waals surface area contributed by atoms with E-state index in [9.17, 15) is 4.79 Å². The van der Waals surface area contributed by atoms with E-state index in [0.29, 0.717) is 55.6 Å². The molecular weight excluding hydrogens is 684 g/mol. The Bertz CT molecular complexity index is 1900. The van der Waals surface area contributed by atoms with Crippen molar-refractivity contribution in [2.24, 2.45) is 18.9 Å². The second-order valence-corrected chi connectivity index (χ2v) is 15.9. The number of pyridine rings is 1. The lowest BCUT2D eigenvalue weighted by Gasteiger charge is -2.44. The molecule has 4 heterocycles. The summed E-state index contributed by atoms with van der Waals surface area (Å²) < 4.78 is 35.9. The van der Waals surface area contributed by atoms with Gasteiger partial charge in [-0.25, -0.2) is 9.18 Å². The zero-order chi connectivity index (χ0) is 37.8. The number of nitrogens with zero attached hydrogens (tertiary/aromatic N) is 6. The number of carbonyl (C=O) groups excluding carboxylic acids is 1. The number of alkyl halides is 1. The van der Waals surface area contributed by atoms with E-state index in [-0.39, 0.29) is 6.09 Å². The smallest absolute Gasteiger partial charge is 0.410 e. The van der Waals surface area contributed by atoms with Crippen LogP contribution >= 0.6 is 0 Å². The number of piperidine rings is 1. The summed E-state index contributed by atoms with van der Waals surface area (Å²) in [6.07, 6.45) is 3.10. The number of ether oxygens (including phenoxy) is 3. The van der Waals surface area contributed by atoms with Gasteiger partial charge in [0.1, 0.15) is 30.7 Å². The fraction of sp³-hybridized carbons (Fsp3) is 0.465. The third-order valence-electron chi connectivity index (χ3n) is 10.7.